The highest BCUT2D eigenvalue weighted by Crippen LogP contribution is 2.26. The molecule has 3 heteroatoms. The van der Waals surface area contributed by atoms with Crippen LogP contribution in [0.5, 0.6) is 0 Å². The molecule has 1 saturated heterocycles. The molecule has 1 heterocycles. The van der Waals surface area contributed by atoms with Gasteiger partial charge in [0.15, 0.2) is 0 Å². The lowest BCUT2D eigenvalue weighted by Gasteiger charge is -2.21. The zero-order chi connectivity index (χ0) is 13.8. The molecular formula is C16H26N2O. The Morgan fingerprint density at radius 3 is 2.79 bits per heavy atom. The van der Waals surface area contributed by atoms with E-state index in [1.165, 1.54) is 16.8 Å². The SMILES string of the molecule is COC1CCN(c2ccc(CNC(C)C)cc2C)C1. The van der Waals surface area contributed by atoms with Crippen LogP contribution in [0, 0.1) is 6.92 Å². The van der Waals surface area contributed by atoms with E-state index in [1.54, 1.807) is 0 Å². The van der Waals surface area contributed by atoms with Crippen molar-refractivity contribution < 1.29 is 4.74 Å². The van der Waals surface area contributed by atoms with Crippen LogP contribution in [0.2, 0.25) is 0 Å². The molecule has 19 heavy (non-hydrogen) atoms. The molecule has 0 bridgehead atoms. The molecule has 0 amide bonds. The van der Waals surface area contributed by atoms with E-state index in [0.29, 0.717) is 12.1 Å². The topological polar surface area (TPSA) is 24.5 Å². The van der Waals surface area contributed by atoms with Crippen LogP contribution >= 0.6 is 0 Å². The van der Waals surface area contributed by atoms with Crippen molar-refractivity contribution >= 4 is 5.69 Å². The van der Waals surface area contributed by atoms with Crippen molar-refractivity contribution in [3.63, 3.8) is 0 Å². The molecule has 106 valence electrons. The summed E-state index contributed by atoms with van der Waals surface area (Å²) in [5.41, 5.74) is 4.07. The van der Waals surface area contributed by atoms with Gasteiger partial charge < -0.3 is 15.0 Å². The molecule has 1 fully saturated rings. The third-order valence-electron chi connectivity index (χ3n) is 3.79. The van der Waals surface area contributed by atoms with Gasteiger partial charge in [-0.05, 0) is 30.5 Å². The van der Waals surface area contributed by atoms with Gasteiger partial charge >= 0.3 is 0 Å². The molecule has 3 nitrogen and oxygen atoms in total. The van der Waals surface area contributed by atoms with Gasteiger partial charge in [0, 0.05) is 38.5 Å². The molecule has 1 unspecified atom stereocenters. The zero-order valence-electron chi connectivity index (χ0n) is 12.6. The fourth-order valence-electron chi connectivity index (χ4n) is 2.64. The number of methoxy groups -OCH3 is 1. The first-order valence-corrected chi connectivity index (χ1v) is 7.21. The van der Waals surface area contributed by atoms with E-state index in [-0.39, 0.29) is 0 Å². The second-order valence-corrected chi connectivity index (χ2v) is 5.75. The van der Waals surface area contributed by atoms with Crippen LogP contribution in [0.15, 0.2) is 18.2 Å². The standard InChI is InChI=1S/C16H26N2O/c1-12(2)17-10-14-5-6-16(13(3)9-14)18-8-7-15(11-18)19-4/h5-6,9,12,15,17H,7-8,10-11H2,1-4H3. The fraction of sp³-hybridized carbons (Fsp3) is 0.625. The Balaban J connectivity index is 2.03. The molecule has 1 aliphatic rings. The van der Waals surface area contributed by atoms with E-state index in [0.717, 1.165) is 26.1 Å². The Hall–Kier alpha value is -1.06. The van der Waals surface area contributed by atoms with Gasteiger partial charge in [0.2, 0.25) is 0 Å². The van der Waals surface area contributed by atoms with E-state index in [1.807, 2.05) is 7.11 Å². The largest absolute Gasteiger partial charge is 0.380 e. The first-order valence-electron chi connectivity index (χ1n) is 7.21. The molecule has 1 aromatic carbocycles. The average Bonchev–Trinajstić information content (AvgIpc) is 2.85. The normalized spacial score (nSPS) is 19.4. The molecule has 1 aliphatic heterocycles. The van der Waals surface area contributed by atoms with Crippen molar-refractivity contribution in [1.29, 1.82) is 0 Å². The van der Waals surface area contributed by atoms with Gasteiger partial charge in [0.05, 0.1) is 6.10 Å². The van der Waals surface area contributed by atoms with Crippen LogP contribution in [-0.4, -0.2) is 32.3 Å². The molecule has 1 atom stereocenters. The number of nitrogens with one attached hydrogen (secondary N) is 1. The molecule has 0 saturated carbocycles. The predicted molar refractivity (Wildman–Crippen MR) is 80.8 cm³/mol. The van der Waals surface area contributed by atoms with Gasteiger partial charge in [-0.25, -0.2) is 0 Å². The average molecular weight is 262 g/mol. The highest BCUT2D eigenvalue weighted by atomic mass is 16.5. The van der Waals surface area contributed by atoms with Crippen LogP contribution in [0.3, 0.4) is 0 Å². The van der Waals surface area contributed by atoms with Crippen LogP contribution in [0.1, 0.15) is 31.4 Å². The number of anilines is 1. The van der Waals surface area contributed by atoms with Crippen LogP contribution in [-0.2, 0) is 11.3 Å². The zero-order valence-corrected chi connectivity index (χ0v) is 12.6. The Morgan fingerprint density at radius 2 is 2.21 bits per heavy atom. The molecule has 2 rings (SSSR count). The number of hydrogen-bond donors (Lipinski definition) is 1. The summed E-state index contributed by atoms with van der Waals surface area (Å²) in [5, 5.41) is 3.46. The summed E-state index contributed by atoms with van der Waals surface area (Å²) in [6.07, 6.45) is 1.52. The second-order valence-electron chi connectivity index (χ2n) is 5.75. The molecule has 0 aromatic heterocycles. The molecule has 1 aromatic rings. The summed E-state index contributed by atoms with van der Waals surface area (Å²) >= 11 is 0. The Labute approximate surface area is 116 Å². The predicted octanol–water partition coefficient (Wildman–Crippen LogP) is 2.72. The van der Waals surface area contributed by atoms with Crippen molar-refractivity contribution in [3.8, 4) is 0 Å². The van der Waals surface area contributed by atoms with Crippen molar-refractivity contribution in [1.82, 2.24) is 5.32 Å². The molecular weight excluding hydrogens is 236 g/mol. The van der Waals surface area contributed by atoms with Crippen molar-refractivity contribution in [2.24, 2.45) is 0 Å². The molecule has 0 aliphatic carbocycles. The maximum Gasteiger partial charge on any atom is 0.0762 e. The number of rotatable bonds is 5. The van der Waals surface area contributed by atoms with E-state index >= 15 is 0 Å². The minimum Gasteiger partial charge on any atom is -0.380 e. The lowest BCUT2D eigenvalue weighted by molar-refractivity contribution is 0.121. The monoisotopic (exact) mass is 262 g/mol. The van der Waals surface area contributed by atoms with Crippen LogP contribution < -0.4 is 10.2 Å². The number of hydrogen-bond acceptors (Lipinski definition) is 3. The highest BCUT2D eigenvalue weighted by Gasteiger charge is 2.23. The van der Waals surface area contributed by atoms with E-state index in [9.17, 15) is 0 Å². The third-order valence-corrected chi connectivity index (χ3v) is 3.79. The molecule has 0 radical (unpaired) electrons. The summed E-state index contributed by atoms with van der Waals surface area (Å²) in [5.74, 6) is 0. The van der Waals surface area contributed by atoms with Gasteiger partial charge in [0.1, 0.15) is 0 Å². The van der Waals surface area contributed by atoms with Crippen LogP contribution in [0.4, 0.5) is 5.69 Å². The van der Waals surface area contributed by atoms with Crippen molar-refractivity contribution in [2.45, 2.75) is 45.9 Å². The maximum atomic E-state index is 5.44. The van der Waals surface area contributed by atoms with Gasteiger partial charge in [0.25, 0.3) is 0 Å². The van der Waals surface area contributed by atoms with Gasteiger partial charge in [-0.2, -0.15) is 0 Å². The quantitative estimate of drug-likeness (QED) is 0.883. The van der Waals surface area contributed by atoms with Gasteiger partial charge in [-0.3, -0.25) is 0 Å². The lowest BCUT2D eigenvalue weighted by atomic mass is 10.1. The maximum absolute atomic E-state index is 5.44. The molecule has 0 spiro atoms. The highest BCUT2D eigenvalue weighted by molar-refractivity contribution is 5.55. The molecule has 1 N–H and O–H groups in total. The van der Waals surface area contributed by atoms with Crippen molar-refractivity contribution in [2.75, 3.05) is 25.1 Å². The Kier molecular flexibility index (Phi) is 4.83. The van der Waals surface area contributed by atoms with Crippen LogP contribution in [0.25, 0.3) is 0 Å². The summed E-state index contributed by atoms with van der Waals surface area (Å²) in [6.45, 7) is 9.62. The summed E-state index contributed by atoms with van der Waals surface area (Å²) < 4.78 is 5.44. The second kappa shape index (κ2) is 6.40. The van der Waals surface area contributed by atoms with Gasteiger partial charge in [-0.1, -0.05) is 26.0 Å². The van der Waals surface area contributed by atoms with Crippen molar-refractivity contribution in [3.05, 3.63) is 29.3 Å². The minimum atomic E-state index is 0.390. The Morgan fingerprint density at radius 1 is 1.42 bits per heavy atom. The first kappa shape index (κ1) is 14.4. The lowest BCUT2D eigenvalue weighted by Crippen LogP contribution is -2.24. The summed E-state index contributed by atoms with van der Waals surface area (Å²) in [7, 11) is 1.81. The first-order chi connectivity index (χ1) is 9.10. The van der Waals surface area contributed by atoms with E-state index < -0.39 is 0 Å². The number of ether oxygens (including phenoxy) is 1. The number of aryl methyl sites for hydroxylation is 1. The Bertz CT molecular complexity index is 417. The fourth-order valence-corrected chi connectivity index (χ4v) is 2.64. The summed E-state index contributed by atoms with van der Waals surface area (Å²) in [6, 6.07) is 7.31. The number of benzene rings is 1. The number of nitrogens with zero attached hydrogens (tertiary/aromatic N) is 1. The van der Waals surface area contributed by atoms with E-state index in [4.69, 9.17) is 4.74 Å². The minimum absolute atomic E-state index is 0.390. The third kappa shape index (κ3) is 3.71. The van der Waals surface area contributed by atoms with Gasteiger partial charge in [-0.15, -0.1) is 0 Å². The summed E-state index contributed by atoms with van der Waals surface area (Å²) in [4.78, 5) is 2.43. The smallest absolute Gasteiger partial charge is 0.0762 e. The van der Waals surface area contributed by atoms with E-state index in [2.05, 4.69) is 49.2 Å².